The summed E-state index contributed by atoms with van der Waals surface area (Å²) >= 11 is 9.78. The maximum atomic E-state index is 9.87. The fraction of sp³-hybridized carbons (Fsp3) is 0. The Balaban J connectivity index is 0.000000360. The van der Waals surface area contributed by atoms with E-state index in [4.69, 9.17) is 5.39 Å². The minimum absolute atomic E-state index is 0.494. The minimum Gasteiger partial charge on any atom is -0.0507 e. The topological polar surface area (TPSA) is 28.1 Å². The van der Waals surface area contributed by atoms with E-state index in [1.54, 1.807) is 12.1 Å². The molecule has 0 atom stereocenters. The molecule has 0 saturated heterocycles. The molecule has 0 radical (unpaired) electrons. The van der Waals surface area contributed by atoms with Gasteiger partial charge in [-0.15, -0.1) is 0 Å². The van der Waals surface area contributed by atoms with E-state index in [1.165, 1.54) is 0 Å². The van der Waals surface area contributed by atoms with Crippen LogP contribution in [0.2, 0.25) is 0 Å². The van der Waals surface area contributed by atoms with E-state index in [9.17, 15) is 25.2 Å². The van der Waals surface area contributed by atoms with E-state index in [-0.39, 0.29) is 0 Å². The van der Waals surface area contributed by atoms with E-state index >= 15 is 0 Å². The average molecular weight is 487 g/mol. The molecule has 12 heteroatoms. The zero-order chi connectivity index (χ0) is 14.8. The van der Waals surface area contributed by atoms with Gasteiger partial charge >= 0.3 is 38.7 Å². The van der Waals surface area contributed by atoms with E-state index in [1.807, 2.05) is 0 Å². The van der Waals surface area contributed by atoms with Crippen molar-refractivity contribution in [2.24, 2.45) is 0 Å². The second-order valence-electron chi connectivity index (χ2n) is 2.78. The summed E-state index contributed by atoms with van der Waals surface area (Å²) in [6.07, 6.45) is 0. The quantitative estimate of drug-likeness (QED) is 0.208. The van der Waals surface area contributed by atoms with Gasteiger partial charge in [0.05, 0.1) is 0 Å². The average Bonchev–Trinajstić information content (AvgIpc) is 1.95. The van der Waals surface area contributed by atoms with Crippen molar-refractivity contribution in [3.8, 4) is 0 Å². The largest absolute Gasteiger partial charge is 0.413 e. The monoisotopic (exact) mass is 484 g/mol. The Morgan fingerprint density at radius 2 is 1.17 bits per heavy atom. The molecule has 0 aliphatic rings. The number of rotatable bonds is 0. The first-order valence-electron chi connectivity index (χ1n) is 3.66. The van der Waals surface area contributed by atoms with Gasteiger partial charge in [-0.3, -0.25) is 0 Å². The van der Waals surface area contributed by atoms with Crippen molar-refractivity contribution < 1.29 is 25.2 Å². The summed E-state index contributed by atoms with van der Waals surface area (Å²) in [7, 11) is -10.7. The van der Waals surface area contributed by atoms with Gasteiger partial charge in [-0.1, -0.05) is 15.9 Å². The molecule has 0 fully saturated rings. The molecule has 0 unspecified atom stereocenters. The summed E-state index contributed by atoms with van der Waals surface area (Å²) in [5.41, 5.74) is 0.494. The molecule has 104 valence electrons. The van der Waals surface area contributed by atoms with Gasteiger partial charge in [0.15, 0.2) is 4.98 Å². The molecule has 1 aromatic carbocycles. The second-order valence-corrected chi connectivity index (χ2v) is 7.32. The van der Waals surface area contributed by atoms with Crippen molar-refractivity contribution in [3.63, 3.8) is 0 Å². The zero-order valence-electron chi connectivity index (χ0n) is 7.90. The third kappa shape index (κ3) is 11.2. The number of hydrogen-bond acceptors (Lipinski definition) is 1. The first-order valence-corrected chi connectivity index (χ1v) is 8.07. The molecule has 18 heavy (non-hydrogen) atoms. The number of benzene rings is 1. The van der Waals surface area contributed by atoms with Crippen LogP contribution in [0.15, 0.2) is 25.6 Å². The Morgan fingerprint density at radius 1 is 0.889 bits per heavy atom. The van der Waals surface area contributed by atoms with Crippen molar-refractivity contribution in [1.29, 1.82) is 5.39 Å². The van der Waals surface area contributed by atoms with E-state index in [0.29, 0.717) is 5.69 Å². The molecule has 0 spiro atoms. The van der Waals surface area contributed by atoms with E-state index in [0.717, 1.165) is 13.4 Å². The molecule has 0 bridgehead atoms. The molecule has 0 aliphatic heterocycles. The number of diazo groups is 1. The Kier molecular flexibility index (Phi) is 4.91. The van der Waals surface area contributed by atoms with Gasteiger partial charge in [0.25, 0.3) is 0 Å². The van der Waals surface area contributed by atoms with E-state index < -0.39 is 7.81 Å². The van der Waals surface area contributed by atoms with Crippen molar-refractivity contribution in [1.82, 2.24) is 0 Å². The normalized spacial score (nSPS) is 14.7. The predicted octanol–water partition coefficient (Wildman–Crippen LogP) is 7.84. The first-order chi connectivity index (χ1) is 7.60. The molecule has 0 heterocycles. The summed E-state index contributed by atoms with van der Waals surface area (Å²) in [6.45, 7) is 0. The van der Waals surface area contributed by atoms with Gasteiger partial charge in [-0.25, -0.2) is 0 Å². The molecule has 0 aliphatic carbocycles. The Bertz CT molecular complexity index is 473. The number of nitrogens with zero attached hydrogens (tertiary/aromatic N) is 2. The third-order valence-corrected chi connectivity index (χ3v) is 2.75. The van der Waals surface area contributed by atoms with Crippen LogP contribution in [0.4, 0.5) is 30.9 Å². The fourth-order valence-corrected chi connectivity index (χ4v) is 3.05. The van der Waals surface area contributed by atoms with Gasteiger partial charge < -0.3 is 0 Å². The standard InChI is InChI=1S/C6H2Br3N2.F6P/c7-3-1-4(8)6(11-10)5(9)2-3;1-7(2,3,4,5)6/h1-2H;/q+1;-1. The molecule has 0 aromatic heterocycles. The molecule has 2 nitrogen and oxygen atoms in total. The molecular formula is C6H2Br3F6N2P. The second kappa shape index (κ2) is 4.89. The van der Waals surface area contributed by atoms with Gasteiger partial charge in [0.1, 0.15) is 8.95 Å². The first kappa shape index (κ1) is 18.1. The summed E-state index contributed by atoms with van der Waals surface area (Å²) in [6, 6.07) is 3.61. The van der Waals surface area contributed by atoms with Gasteiger partial charge in [0, 0.05) is 4.47 Å². The Hall–Kier alpha value is 0.0900. The molecule has 0 saturated carbocycles. The SMILES string of the molecule is F[P-](F)(F)(F)(F)F.N#[N+]c1c(Br)cc(Br)cc1Br. The van der Waals surface area contributed by atoms with Crippen molar-refractivity contribution in [2.75, 3.05) is 0 Å². The van der Waals surface area contributed by atoms with Crippen LogP contribution < -0.4 is 0 Å². The van der Waals surface area contributed by atoms with Crippen LogP contribution in [0.5, 0.6) is 0 Å². The summed E-state index contributed by atoms with van der Waals surface area (Å²) < 4.78 is 61.6. The predicted molar refractivity (Wildman–Crippen MR) is 67.9 cm³/mol. The maximum Gasteiger partial charge on any atom is 0.413 e. The van der Waals surface area contributed by atoms with Gasteiger partial charge in [-0.05, 0) is 44.0 Å². The van der Waals surface area contributed by atoms with Gasteiger partial charge in [0.2, 0.25) is 5.39 Å². The molecular weight excluding hydrogens is 485 g/mol. The number of halogens is 9. The summed E-state index contributed by atoms with van der Waals surface area (Å²) in [5, 5.41) is 8.54. The number of hydrogen-bond donors (Lipinski definition) is 0. The fourth-order valence-electron chi connectivity index (χ4n) is 0.630. The van der Waals surface area contributed by atoms with E-state index in [2.05, 4.69) is 52.8 Å². The zero-order valence-corrected chi connectivity index (χ0v) is 13.6. The van der Waals surface area contributed by atoms with Gasteiger partial charge in [-0.2, -0.15) is 0 Å². The third-order valence-electron chi connectivity index (χ3n) is 1.08. The van der Waals surface area contributed by atoms with Crippen LogP contribution >= 0.6 is 55.6 Å². The van der Waals surface area contributed by atoms with Crippen molar-refractivity contribution >= 4 is 61.3 Å². The summed E-state index contributed by atoms with van der Waals surface area (Å²) in [4.78, 5) is 3.10. The van der Waals surface area contributed by atoms with Crippen LogP contribution in [-0.2, 0) is 0 Å². The molecule has 1 rings (SSSR count). The van der Waals surface area contributed by atoms with Crippen molar-refractivity contribution in [2.45, 2.75) is 0 Å². The Morgan fingerprint density at radius 3 is 1.39 bits per heavy atom. The van der Waals surface area contributed by atoms with Crippen LogP contribution in [-0.4, -0.2) is 0 Å². The van der Waals surface area contributed by atoms with Crippen LogP contribution in [0.1, 0.15) is 0 Å². The van der Waals surface area contributed by atoms with Crippen molar-refractivity contribution in [3.05, 3.63) is 30.5 Å². The minimum atomic E-state index is -10.7. The summed E-state index contributed by atoms with van der Waals surface area (Å²) in [5.74, 6) is 0. The molecule has 0 amide bonds. The maximum absolute atomic E-state index is 10.7. The molecule has 1 aromatic rings. The molecule has 0 N–H and O–H groups in total. The Labute approximate surface area is 122 Å². The smallest absolute Gasteiger partial charge is 0.0507 e. The van der Waals surface area contributed by atoms with Crippen LogP contribution in [0, 0.1) is 5.39 Å². The van der Waals surface area contributed by atoms with Crippen LogP contribution in [0.25, 0.3) is 4.98 Å². The van der Waals surface area contributed by atoms with Crippen LogP contribution in [0.3, 0.4) is 0 Å².